The number of carbonyl (C=O) groups is 3. The van der Waals surface area contributed by atoms with Crippen molar-refractivity contribution in [3.05, 3.63) is 141 Å². The van der Waals surface area contributed by atoms with Gasteiger partial charge in [0.05, 0.1) is 5.69 Å². The number of piperazine rings is 2. The lowest BCUT2D eigenvalue weighted by molar-refractivity contribution is -0.132. The second-order valence-corrected chi connectivity index (χ2v) is 18.2. The number of nitrogens with one attached hydrogen (secondary N) is 1. The molecular weight excluding hydrogens is 845 g/mol. The molecular formula is C49H58Cl2F2N6O4. The molecule has 2 heterocycles. The van der Waals surface area contributed by atoms with Crippen LogP contribution >= 0.6 is 23.2 Å². The summed E-state index contributed by atoms with van der Waals surface area (Å²) < 4.78 is 31.6. The van der Waals surface area contributed by atoms with E-state index >= 15 is 0 Å². The molecule has 4 aromatic rings. The van der Waals surface area contributed by atoms with E-state index in [1.807, 2.05) is 35.8 Å². The van der Waals surface area contributed by atoms with Crippen molar-refractivity contribution in [3.63, 3.8) is 0 Å². The Morgan fingerprint density at radius 1 is 0.667 bits per heavy atom. The van der Waals surface area contributed by atoms with Gasteiger partial charge in [0, 0.05) is 91.3 Å². The number of halogens is 4. The average molecular weight is 904 g/mol. The van der Waals surface area contributed by atoms with Crippen LogP contribution in [0, 0.1) is 11.6 Å². The first kappa shape index (κ1) is 48.8. The molecule has 2 saturated heterocycles. The van der Waals surface area contributed by atoms with Gasteiger partial charge in [-0.3, -0.25) is 24.7 Å². The van der Waals surface area contributed by atoms with E-state index in [0.29, 0.717) is 53.2 Å². The van der Waals surface area contributed by atoms with Gasteiger partial charge in [-0.2, -0.15) is 0 Å². The van der Waals surface area contributed by atoms with Gasteiger partial charge in [0.25, 0.3) is 0 Å². The maximum Gasteiger partial charge on any atom is 0.412 e. The standard InChI is InChI=1S/C27H33ClFN3O3.C22H25ClFN3O/c1-18-16-32(19(2)15-31(18)17-20-6-11-23(29)12-7-20)25(33)13-9-21-8-10-22(28)14-24(21)30-26(34)35-27(3,4)5;1-15-13-27(22(28)10-6-18-5-7-19(23)11-21(18)25)16(2)12-26(15)14-17-3-8-20(24)9-4-17/h6-14,18-19H,15-17H2,1-5H3,(H,30,34);3-11,15-16H,12-14,25H2,1-2H3/b13-9+;10-6+/t18-,19+;15-,16+/m00/s1. The fourth-order valence-corrected chi connectivity index (χ4v) is 7.86. The van der Waals surface area contributed by atoms with E-state index in [-0.39, 0.29) is 47.6 Å². The van der Waals surface area contributed by atoms with Crippen molar-refractivity contribution < 1.29 is 27.9 Å². The minimum atomic E-state index is -0.639. The third kappa shape index (κ3) is 14.6. The van der Waals surface area contributed by atoms with Crippen molar-refractivity contribution in [2.24, 2.45) is 0 Å². The van der Waals surface area contributed by atoms with Crippen molar-refractivity contribution in [2.75, 3.05) is 37.2 Å². The molecule has 0 aliphatic carbocycles. The van der Waals surface area contributed by atoms with Crippen LogP contribution in [0.25, 0.3) is 12.2 Å². The Morgan fingerprint density at radius 3 is 1.54 bits per heavy atom. The van der Waals surface area contributed by atoms with Crippen molar-refractivity contribution in [3.8, 4) is 0 Å². The number of benzene rings is 4. The predicted octanol–water partition coefficient (Wildman–Crippen LogP) is 10.2. The molecule has 10 nitrogen and oxygen atoms in total. The highest BCUT2D eigenvalue weighted by atomic mass is 35.5. The molecule has 14 heteroatoms. The molecule has 0 bridgehead atoms. The van der Waals surface area contributed by atoms with Gasteiger partial charge in [-0.1, -0.05) is 59.6 Å². The van der Waals surface area contributed by atoms with E-state index in [1.54, 1.807) is 87.5 Å². The zero-order valence-electron chi connectivity index (χ0n) is 37.0. The normalized spacial score (nSPS) is 19.8. The lowest BCUT2D eigenvalue weighted by Gasteiger charge is -2.44. The number of nitrogens with two attached hydrogens (primary N) is 1. The highest BCUT2D eigenvalue weighted by Gasteiger charge is 2.32. The van der Waals surface area contributed by atoms with Crippen molar-refractivity contribution in [1.82, 2.24) is 19.6 Å². The number of hydrogen-bond acceptors (Lipinski definition) is 7. The van der Waals surface area contributed by atoms with E-state index in [2.05, 4.69) is 29.0 Å². The first-order chi connectivity index (χ1) is 29.7. The Kier molecular flexibility index (Phi) is 16.9. The minimum absolute atomic E-state index is 0.00775. The van der Waals surface area contributed by atoms with Crippen molar-refractivity contribution in [2.45, 2.75) is 91.3 Å². The van der Waals surface area contributed by atoms with Crippen LogP contribution in [0.1, 0.15) is 70.7 Å². The fraction of sp³-hybridized carbons (Fsp3) is 0.367. The Bertz CT molecular complexity index is 2270. The van der Waals surface area contributed by atoms with Gasteiger partial charge in [-0.15, -0.1) is 0 Å². The number of hydrogen-bond donors (Lipinski definition) is 2. The number of carbonyl (C=O) groups excluding carboxylic acids is 3. The second kappa shape index (κ2) is 21.9. The smallest absolute Gasteiger partial charge is 0.412 e. The number of amides is 3. The zero-order chi connectivity index (χ0) is 46.0. The number of nitrogens with zero attached hydrogens (tertiary/aromatic N) is 4. The summed E-state index contributed by atoms with van der Waals surface area (Å²) >= 11 is 12.0. The van der Waals surface area contributed by atoms with Crippen LogP contribution in [-0.2, 0) is 27.4 Å². The first-order valence-electron chi connectivity index (χ1n) is 21.0. The Hall–Kier alpha value is -5.27. The largest absolute Gasteiger partial charge is 0.444 e. The molecule has 3 amide bonds. The summed E-state index contributed by atoms with van der Waals surface area (Å²) in [6.45, 7) is 17.8. The number of ether oxygens (including phenoxy) is 1. The summed E-state index contributed by atoms with van der Waals surface area (Å²) in [6, 6.07) is 23.8. The van der Waals surface area contributed by atoms with Crippen LogP contribution in [0.4, 0.5) is 25.0 Å². The molecule has 2 aliphatic rings. The second-order valence-electron chi connectivity index (χ2n) is 17.3. The molecule has 6 rings (SSSR count). The maximum absolute atomic E-state index is 13.2. The highest BCUT2D eigenvalue weighted by molar-refractivity contribution is 6.31. The molecule has 0 radical (unpaired) electrons. The molecule has 0 saturated carbocycles. The van der Waals surface area contributed by atoms with Crippen LogP contribution in [0.2, 0.25) is 10.0 Å². The van der Waals surface area contributed by atoms with Gasteiger partial charge in [0.1, 0.15) is 17.2 Å². The van der Waals surface area contributed by atoms with Gasteiger partial charge < -0.3 is 20.3 Å². The predicted molar refractivity (Wildman–Crippen MR) is 250 cm³/mol. The van der Waals surface area contributed by atoms with E-state index < -0.39 is 11.7 Å². The summed E-state index contributed by atoms with van der Waals surface area (Å²) in [5.41, 5.74) is 9.83. The monoisotopic (exact) mass is 902 g/mol. The van der Waals surface area contributed by atoms with Gasteiger partial charge in [0.15, 0.2) is 0 Å². The summed E-state index contributed by atoms with van der Waals surface area (Å²) in [5.74, 6) is -0.615. The number of nitrogen functional groups attached to an aromatic ring is 1. The Labute approximate surface area is 380 Å². The zero-order valence-corrected chi connectivity index (χ0v) is 38.5. The number of rotatable bonds is 9. The summed E-state index contributed by atoms with van der Waals surface area (Å²) in [4.78, 5) is 46.4. The summed E-state index contributed by atoms with van der Waals surface area (Å²) in [7, 11) is 0. The van der Waals surface area contributed by atoms with Crippen LogP contribution in [0.3, 0.4) is 0 Å². The average Bonchev–Trinajstić information content (AvgIpc) is 3.20. The van der Waals surface area contributed by atoms with E-state index in [4.69, 9.17) is 33.7 Å². The van der Waals surface area contributed by atoms with E-state index in [0.717, 1.165) is 29.8 Å². The topological polar surface area (TPSA) is 111 Å². The molecule has 4 atom stereocenters. The molecule has 336 valence electrons. The van der Waals surface area contributed by atoms with Gasteiger partial charge >= 0.3 is 6.09 Å². The van der Waals surface area contributed by atoms with Gasteiger partial charge in [-0.25, -0.2) is 13.6 Å². The molecule has 3 N–H and O–H groups in total. The van der Waals surface area contributed by atoms with Crippen molar-refractivity contribution in [1.29, 1.82) is 0 Å². The minimum Gasteiger partial charge on any atom is -0.444 e. The third-order valence-electron chi connectivity index (χ3n) is 10.9. The van der Waals surface area contributed by atoms with Crippen LogP contribution in [0.5, 0.6) is 0 Å². The third-order valence-corrected chi connectivity index (χ3v) is 11.4. The highest BCUT2D eigenvalue weighted by Crippen LogP contribution is 2.26. The molecule has 2 aliphatic heterocycles. The first-order valence-corrected chi connectivity index (χ1v) is 21.8. The van der Waals surface area contributed by atoms with Crippen LogP contribution in [0.15, 0.2) is 97.1 Å². The van der Waals surface area contributed by atoms with E-state index in [1.165, 1.54) is 30.3 Å². The maximum atomic E-state index is 13.2. The molecule has 2 fully saturated rings. The number of anilines is 2. The SMILES string of the molecule is C[C@@H]1CN(Cc2ccc(F)cc2)[C@@H](C)CN1C(=O)/C=C/c1ccc(Cl)cc1N.C[C@@H]1CN(Cc2ccc(F)cc2)[C@@H](C)CN1C(=O)/C=C/c1ccc(Cl)cc1NC(=O)OC(C)(C)C. The Morgan fingerprint density at radius 2 is 1.10 bits per heavy atom. The van der Waals surface area contributed by atoms with Gasteiger partial charge in [0.2, 0.25) is 11.8 Å². The van der Waals surface area contributed by atoms with E-state index in [9.17, 15) is 23.2 Å². The molecule has 0 unspecified atom stereocenters. The van der Waals surface area contributed by atoms with Crippen LogP contribution in [-0.4, -0.2) is 93.5 Å². The summed E-state index contributed by atoms with van der Waals surface area (Å²) in [5, 5.41) is 3.74. The quantitative estimate of drug-likeness (QED) is 0.127. The lowest BCUT2D eigenvalue weighted by atomic mass is 10.1. The van der Waals surface area contributed by atoms with Crippen LogP contribution < -0.4 is 11.1 Å². The molecule has 63 heavy (non-hydrogen) atoms. The molecule has 4 aromatic carbocycles. The van der Waals surface area contributed by atoms with Crippen molar-refractivity contribution >= 4 is 64.6 Å². The molecule has 0 aromatic heterocycles. The fourth-order valence-electron chi connectivity index (χ4n) is 7.51. The lowest BCUT2D eigenvalue weighted by Crippen LogP contribution is -2.57. The molecule has 0 spiro atoms. The summed E-state index contributed by atoms with van der Waals surface area (Å²) in [6.07, 6.45) is 5.89. The van der Waals surface area contributed by atoms with Gasteiger partial charge in [-0.05, 0) is 131 Å². The Balaban J connectivity index is 0.000000243.